The predicted molar refractivity (Wildman–Crippen MR) is 111 cm³/mol. The van der Waals surface area contributed by atoms with E-state index in [-0.39, 0.29) is 11.8 Å². The molecule has 0 aliphatic carbocycles. The van der Waals surface area contributed by atoms with Crippen molar-refractivity contribution in [3.63, 3.8) is 0 Å². The number of aryl methyl sites for hydroxylation is 1. The van der Waals surface area contributed by atoms with E-state index in [0.717, 1.165) is 17.7 Å². The number of hydrogen-bond acceptors (Lipinski definition) is 5. The molecule has 0 fully saturated rings. The maximum atomic E-state index is 12.9. The lowest BCUT2D eigenvalue weighted by atomic mass is 10.00. The molecule has 0 atom stereocenters. The highest BCUT2D eigenvalue weighted by Gasteiger charge is 2.24. The summed E-state index contributed by atoms with van der Waals surface area (Å²) in [5.41, 5.74) is 2.97. The van der Waals surface area contributed by atoms with Crippen LogP contribution in [0.5, 0.6) is 17.2 Å². The molecule has 0 unspecified atom stereocenters. The molecule has 0 radical (unpaired) electrons. The van der Waals surface area contributed by atoms with E-state index >= 15 is 0 Å². The highest BCUT2D eigenvalue weighted by atomic mass is 16.5. The van der Waals surface area contributed by atoms with E-state index in [2.05, 4.69) is 5.32 Å². The number of hydrogen-bond donors (Lipinski definition) is 1. The van der Waals surface area contributed by atoms with Crippen molar-refractivity contribution in [2.75, 3.05) is 38.1 Å². The molecule has 0 saturated heterocycles. The fraction of sp³-hybridized carbons (Fsp3) is 0.364. The Kier molecular flexibility index (Phi) is 6.26. The van der Waals surface area contributed by atoms with E-state index in [1.807, 2.05) is 30.0 Å². The molecule has 0 saturated carbocycles. The van der Waals surface area contributed by atoms with Crippen molar-refractivity contribution < 1.29 is 23.8 Å². The number of ether oxygens (including phenoxy) is 3. The maximum absolute atomic E-state index is 12.9. The first-order chi connectivity index (χ1) is 14.0. The molecule has 7 nitrogen and oxygen atoms in total. The maximum Gasteiger partial charge on any atom is 0.259 e. The highest BCUT2D eigenvalue weighted by molar-refractivity contribution is 6.07. The molecule has 1 aliphatic rings. The van der Waals surface area contributed by atoms with E-state index < -0.39 is 0 Å². The van der Waals surface area contributed by atoms with Gasteiger partial charge in [0, 0.05) is 24.3 Å². The Morgan fingerprint density at radius 2 is 1.79 bits per heavy atom. The van der Waals surface area contributed by atoms with Crippen LogP contribution in [0.2, 0.25) is 0 Å². The minimum absolute atomic E-state index is 0.145. The van der Waals surface area contributed by atoms with Gasteiger partial charge in [-0.2, -0.15) is 0 Å². The van der Waals surface area contributed by atoms with Gasteiger partial charge in [-0.15, -0.1) is 0 Å². The van der Waals surface area contributed by atoms with Gasteiger partial charge in [0.2, 0.25) is 11.7 Å². The first kappa shape index (κ1) is 20.5. The third kappa shape index (κ3) is 3.99. The molecule has 29 heavy (non-hydrogen) atoms. The quantitative estimate of drug-likeness (QED) is 0.770. The van der Waals surface area contributed by atoms with Crippen LogP contribution in [-0.4, -0.2) is 39.7 Å². The zero-order valence-corrected chi connectivity index (χ0v) is 17.2. The second-order valence-electron chi connectivity index (χ2n) is 6.72. The summed E-state index contributed by atoms with van der Waals surface area (Å²) in [5.74, 6) is 0.977. The summed E-state index contributed by atoms with van der Waals surface area (Å²) in [5, 5.41) is 2.91. The smallest absolute Gasteiger partial charge is 0.259 e. The van der Waals surface area contributed by atoms with Gasteiger partial charge in [0.1, 0.15) is 0 Å². The molecule has 2 amide bonds. The molecule has 1 N–H and O–H groups in total. The lowest BCUT2D eigenvalue weighted by Crippen LogP contribution is -2.35. The minimum atomic E-state index is -0.319. The number of benzene rings is 2. The monoisotopic (exact) mass is 398 g/mol. The summed E-state index contributed by atoms with van der Waals surface area (Å²) >= 11 is 0. The summed E-state index contributed by atoms with van der Waals surface area (Å²) in [6.45, 7) is 2.74. The summed E-state index contributed by atoms with van der Waals surface area (Å²) in [4.78, 5) is 26.9. The van der Waals surface area contributed by atoms with Gasteiger partial charge in [-0.05, 0) is 48.7 Å². The Balaban J connectivity index is 1.88. The fourth-order valence-corrected chi connectivity index (χ4v) is 3.59. The second-order valence-corrected chi connectivity index (χ2v) is 6.72. The Bertz CT molecular complexity index is 926. The van der Waals surface area contributed by atoms with E-state index in [0.29, 0.717) is 47.9 Å². The molecule has 2 aromatic rings. The lowest BCUT2D eigenvalue weighted by molar-refractivity contribution is -0.118. The van der Waals surface area contributed by atoms with E-state index in [1.54, 1.807) is 12.1 Å². The molecular weight excluding hydrogens is 372 g/mol. The van der Waals surface area contributed by atoms with Crippen LogP contribution in [0.4, 0.5) is 11.4 Å². The number of nitrogens with zero attached hydrogens (tertiary/aromatic N) is 1. The van der Waals surface area contributed by atoms with Crippen LogP contribution in [0.15, 0.2) is 30.3 Å². The zero-order chi connectivity index (χ0) is 21.0. The van der Waals surface area contributed by atoms with Crippen LogP contribution >= 0.6 is 0 Å². The molecule has 0 spiro atoms. The number of fused-ring (bicyclic) bond motifs is 1. The van der Waals surface area contributed by atoms with Gasteiger partial charge in [-0.25, -0.2) is 0 Å². The molecule has 3 rings (SSSR count). The van der Waals surface area contributed by atoms with Gasteiger partial charge in [0.05, 0.1) is 26.9 Å². The summed E-state index contributed by atoms with van der Waals surface area (Å²) < 4.78 is 16.0. The van der Waals surface area contributed by atoms with Crippen LogP contribution in [-0.2, 0) is 11.2 Å². The standard InChI is InChI=1S/C22H26N2O5/c1-5-12-24-17-9-7-15(13-14(17)6-11-19(24)25)23-22(26)16-8-10-18(27-2)21(29-4)20(16)28-3/h7-10,13H,5-6,11-12H2,1-4H3,(H,23,26). The lowest BCUT2D eigenvalue weighted by Gasteiger charge is -2.29. The molecular formula is C22H26N2O5. The average molecular weight is 398 g/mol. The van der Waals surface area contributed by atoms with Gasteiger partial charge >= 0.3 is 0 Å². The Hall–Kier alpha value is -3.22. The van der Waals surface area contributed by atoms with Crippen LogP contribution in [0.25, 0.3) is 0 Å². The third-order valence-corrected chi connectivity index (χ3v) is 4.93. The SMILES string of the molecule is CCCN1C(=O)CCc2cc(NC(=O)c3ccc(OC)c(OC)c3OC)ccc21. The molecule has 0 aromatic heterocycles. The number of carbonyl (C=O) groups is 2. The molecule has 2 aromatic carbocycles. The highest BCUT2D eigenvalue weighted by Crippen LogP contribution is 2.40. The molecule has 0 bridgehead atoms. The Labute approximate surface area is 170 Å². The van der Waals surface area contributed by atoms with E-state index in [9.17, 15) is 9.59 Å². The number of nitrogens with one attached hydrogen (secondary N) is 1. The van der Waals surface area contributed by atoms with Crippen molar-refractivity contribution in [1.29, 1.82) is 0 Å². The number of amides is 2. The molecule has 154 valence electrons. The van der Waals surface area contributed by atoms with E-state index in [1.165, 1.54) is 21.3 Å². The number of anilines is 2. The second kappa shape index (κ2) is 8.86. The van der Waals surface area contributed by atoms with Crippen molar-refractivity contribution in [2.45, 2.75) is 26.2 Å². The van der Waals surface area contributed by atoms with Crippen LogP contribution in [0.1, 0.15) is 35.7 Å². The topological polar surface area (TPSA) is 77.1 Å². The van der Waals surface area contributed by atoms with Gasteiger partial charge in [-0.1, -0.05) is 6.92 Å². The van der Waals surface area contributed by atoms with Crippen LogP contribution in [0, 0.1) is 0 Å². The summed E-state index contributed by atoms with van der Waals surface area (Å²) in [6.07, 6.45) is 2.04. The summed E-state index contributed by atoms with van der Waals surface area (Å²) in [7, 11) is 4.50. The number of rotatable bonds is 7. The van der Waals surface area contributed by atoms with Crippen molar-refractivity contribution in [3.05, 3.63) is 41.5 Å². The summed E-state index contributed by atoms with van der Waals surface area (Å²) in [6, 6.07) is 8.93. The van der Waals surface area contributed by atoms with Crippen molar-refractivity contribution >= 4 is 23.2 Å². The van der Waals surface area contributed by atoms with Crippen molar-refractivity contribution in [2.24, 2.45) is 0 Å². The first-order valence-corrected chi connectivity index (χ1v) is 9.57. The largest absolute Gasteiger partial charge is 0.493 e. The number of carbonyl (C=O) groups excluding carboxylic acids is 2. The van der Waals surface area contributed by atoms with Crippen molar-refractivity contribution in [3.8, 4) is 17.2 Å². The Morgan fingerprint density at radius 3 is 2.45 bits per heavy atom. The van der Waals surface area contributed by atoms with E-state index in [4.69, 9.17) is 14.2 Å². The molecule has 1 heterocycles. The minimum Gasteiger partial charge on any atom is -0.493 e. The molecule has 1 aliphatic heterocycles. The fourth-order valence-electron chi connectivity index (χ4n) is 3.59. The predicted octanol–water partition coefficient (Wildman–Crippen LogP) is 3.65. The average Bonchev–Trinajstić information content (AvgIpc) is 2.74. The Morgan fingerprint density at radius 1 is 1.03 bits per heavy atom. The van der Waals surface area contributed by atoms with Crippen molar-refractivity contribution in [1.82, 2.24) is 0 Å². The normalized spacial score (nSPS) is 13.0. The van der Waals surface area contributed by atoms with Crippen LogP contribution in [0.3, 0.4) is 0 Å². The van der Waals surface area contributed by atoms with Gasteiger partial charge in [0.25, 0.3) is 5.91 Å². The zero-order valence-electron chi connectivity index (χ0n) is 17.2. The van der Waals surface area contributed by atoms with Gasteiger partial charge in [0.15, 0.2) is 11.5 Å². The van der Waals surface area contributed by atoms with Gasteiger partial charge in [-0.3, -0.25) is 9.59 Å². The molecule has 7 heteroatoms. The first-order valence-electron chi connectivity index (χ1n) is 9.57. The number of methoxy groups -OCH3 is 3. The van der Waals surface area contributed by atoms with Crippen LogP contribution < -0.4 is 24.4 Å². The van der Waals surface area contributed by atoms with Gasteiger partial charge < -0.3 is 24.4 Å². The third-order valence-electron chi connectivity index (χ3n) is 4.93.